The van der Waals surface area contributed by atoms with Crippen LogP contribution in [-0.4, -0.2) is 16.3 Å². The minimum Gasteiger partial charge on any atom is -0.384 e. The lowest BCUT2D eigenvalue weighted by molar-refractivity contribution is 0.768. The van der Waals surface area contributed by atoms with E-state index in [0.717, 1.165) is 25.3 Å². The average Bonchev–Trinajstić information content (AvgIpc) is 2.94. The summed E-state index contributed by atoms with van der Waals surface area (Å²) in [6.07, 6.45) is 3.07. The molecule has 0 radical (unpaired) electrons. The number of hydrogen-bond acceptors (Lipinski definition) is 3. The first-order valence-corrected chi connectivity index (χ1v) is 5.91. The summed E-state index contributed by atoms with van der Waals surface area (Å²) in [5.74, 6) is 0.920. The molecule has 2 aromatic rings. The summed E-state index contributed by atoms with van der Waals surface area (Å²) in [6, 6.07) is 8.46. The second-order valence-corrected chi connectivity index (χ2v) is 4.36. The Morgan fingerprint density at radius 2 is 2.35 bits per heavy atom. The van der Waals surface area contributed by atoms with Gasteiger partial charge in [-0.05, 0) is 17.5 Å². The van der Waals surface area contributed by atoms with Crippen molar-refractivity contribution in [2.75, 3.05) is 17.2 Å². The monoisotopic (exact) mass is 228 g/mol. The van der Waals surface area contributed by atoms with Crippen molar-refractivity contribution in [2.45, 2.75) is 13.0 Å². The van der Waals surface area contributed by atoms with E-state index in [0.29, 0.717) is 0 Å². The van der Waals surface area contributed by atoms with Gasteiger partial charge >= 0.3 is 0 Å². The van der Waals surface area contributed by atoms with E-state index in [-0.39, 0.29) is 0 Å². The van der Waals surface area contributed by atoms with Crippen molar-refractivity contribution >= 4 is 11.5 Å². The fraction of sp³-hybridized carbons (Fsp3) is 0.308. The molecule has 17 heavy (non-hydrogen) atoms. The Morgan fingerprint density at radius 1 is 1.41 bits per heavy atom. The van der Waals surface area contributed by atoms with Crippen molar-refractivity contribution in [2.24, 2.45) is 7.05 Å². The molecule has 0 saturated carbocycles. The second-order valence-electron chi connectivity index (χ2n) is 4.36. The van der Waals surface area contributed by atoms with Crippen molar-refractivity contribution in [3.8, 4) is 0 Å². The molecule has 0 spiro atoms. The summed E-state index contributed by atoms with van der Waals surface area (Å²) in [5.41, 5.74) is 4.03. The zero-order chi connectivity index (χ0) is 11.7. The van der Waals surface area contributed by atoms with E-state index in [1.807, 2.05) is 19.3 Å². The van der Waals surface area contributed by atoms with E-state index in [2.05, 4.69) is 33.9 Å². The van der Waals surface area contributed by atoms with E-state index < -0.39 is 0 Å². The first kappa shape index (κ1) is 10.2. The maximum atomic E-state index is 4.30. The lowest BCUT2D eigenvalue weighted by Crippen LogP contribution is -2.03. The van der Waals surface area contributed by atoms with Gasteiger partial charge in [0.05, 0.1) is 0 Å². The van der Waals surface area contributed by atoms with Gasteiger partial charge in [0.2, 0.25) is 0 Å². The number of aryl methyl sites for hydroxylation is 1. The van der Waals surface area contributed by atoms with Crippen LogP contribution in [-0.2, 0) is 20.0 Å². The Labute approximate surface area is 101 Å². The van der Waals surface area contributed by atoms with Gasteiger partial charge in [-0.2, -0.15) is 5.10 Å². The summed E-state index contributed by atoms with van der Waals surface area (Å²) in [7, 11) is 1.92. The molecule has 1 aliphatic heterocycles. The predicted octanol–water partition coefficient (Wildman–Crippen LogP) is 2.00. The standard InChI is InChI=1S/C13H16N4/c1-17-8-6-12(16-17)15-9-11-4-2-3-10-5-7-14-13(10)11/h2-4,6,8,14H,5,7,9H2,1H3,(H,15,16). The van der Waals surface area contributed by atoms with Crippen LogP contribution in [0.15, 0.2) is 30.5 Å². The van der Waals surface area contributed by atoms with E-state index in [1.54, 1.807) is 4.68 Å². The van der Waals surface area contributed by atoms with E-state index in [1.165, 1.54) is 16.8 Å². The SMILES string of the molecule is Cn1ccc(NCc2cccc3c2NCC3)n1. The molecule has 2 N–H and O–H groups in total. The Balaban J connectivity index is 1.75. The maximum Gasteiger partial charge on any atom is 0.148 e. The van der Waals surface area contributed by atoms with Crippen molar-refractivity contribution in [1.29, 1.82) is 0 Å². The number of anilines is 2. The Bertz CT molecular complexity index is 530. The summed E-state index contributed by atoms with van der Waals surface area (Å²) in [4.78, 5) is 0. The first-order valence-electron chi connectivity index (χ1n) is 5.91. The molecular formula is C13H16N4. The fourth-order valence-electron chi connectivity index (χ4n) is 2.25. The van der Waals surface area contributed by atoms with Crippen LogP contribution in [0.5, 0.6) is 0 Å². The number of nitrogens with zero attached hydrogens (tertiary/aromatic N) is 2. The zero-order valence-electron chi connectivity index (χ0n) is 9.90. The fourth-order valence-corrected chi connectivity index (χ4v) is 2.25. The predicted molar refractivity (Wildman–Crippen MR) is 69.2 cm³/mol. The minimum atomic E-state index is 0.813. The van der Waals surface area contributed by atoms with Gasteiger partial charge in [-0.3, -0.25) is 4.68 Å². The van der Waals surface area contributed by atoms with E-state index >= 15 is 0 Å². The quantitative estimate of drug-likeness (QED) is 0.844. The van der Waals surface area contributed by atoms with Crippen LogP contribution < -0.4 is 10.6 Å². The average molecular weight is 228 g/mol. The van der Waals surface area contributed by atoms with E-state index in [4.69, 9.17) is 0 Å². The summed E-state index contributed by atoms with van der Waals surface area (Å²) in [5, 5.41) is 11.1. The van der Waals surface area contributed by atoms with Crippen molar-refractivity contribution in [3.63, 3.8) is 0 Å². The van der Waals surface area contributed by atoms with Crippen LogP contribution in [0.2, 0.25) is 0 Å². The first-order chi connectivity index (χ1) is 8.33. The van der Waals surface area contributed by atoms with Crippen molar-refractivity contribution < 1.29 is 0 Å². The molecule has 2 heterocycles. The van der Waals surface area contributed by atoms with Crippen LogP contribution in [0.3, 0.4) is 0 Å². The van der Waals surface area contributed by atoms with Gasteiger partial charge in [0, 0.05) is 38.1 Å². The molecule has 0 aliphatic carbocycles. The normalized spacial score (nSPS) is 13.2. The van der Waals surface area contributed by atoms with Gasteiger partial charge in [-0.15, -0.1) is 0 Å². The second kappa shape index (κ2) is 4.13. The van der Waals surface area contributed by atoms with Gasteiger partial charge in [-0.1, -0.05) is 18.2 Å². The van der Waals surface area contributed by atoms with Gasteiger partial charge < -0.3 is 10.6 Å². The molecule has 4 heteroatoms. The largest absolute Gasteiger partial charge is 0.384 e. The number of para-hydroxylation sites is 1. The smallest absolute Gasteiger partial charge is 0.148 e. The zero-order valence-corrected chi connectivity index (χ0v) is 9.90. The molecule has 0 amide bonds. The molecule has 4 nitrogen and oxygen atoms in total. The number of fused-ring (bicyclic) bond motifs is 1. The number of nitrogens with one attached hydrogen (secondary N) is 2. The molecule has 0 saturated heterocycles. The Hall–Kier alpha value is -1.97. The number of hydrogen-bond donors (Lipinski definition) is 2. The van der Waals surface area contributed by atoms with Gasteiger partial charge in [0.1, 0.15) is 5.82 Å². The van der Waals surface area contributed by atoms with Crippen molar-refractivity contribution in [1.82, 2.24) is 9.78 Å². The lowest BCUT2D eigenvalue weighted by Gasteiger charge is -2.09. The highest BCUT2D eigenvalue weighted by atomic mass is 15.3. The van der Waals surface area contributed by atoms with Crippen LogP contribution in [0, 0.1) is 0 Å². The molecule has 88 valence electrons. The third kappa shape index (κ3) is 1.98. The van der Waals surface area contributed by atoms with Crippen LogP contribution in [0.4, 0.5) is 11.5 Å². The van der Waals surface area contributed by atoms with Crippen molar-refractivity contribution in [3.05, 3.63) is 41.6 Å². The molecule has 0 bridgehead atoms. The number of aromatic nitrogens is 2. The summed E-state index contributed by atoms with van der Waals surface area (Å²) >= 11 is 0. The molecule has 1 aliphatic rings. The lowest BCUT2D eigenvalue weighted by atomic mass is 10.1. The van der Waals surface area contributed by atoms with Crippen LogP contribution in [0.1, 0.15) is 11.1 Å². The summed E-state index contributed by atoms with van der Waals surface area (Å²) < 4.78 is 1.80. The number of rotatable bonds is 3. The van der Waals surface area contributed by atoms with E-state index in [9.17, 15) is 0 Å². The third-order valence-corrected chi connectivity index (χ3v) is 3.11. The highest BCUT2D eigenvalue weighted by Gasteiger charge is 2.13. The van der Waals surface area contributed by atoms with Crippen LogP contribution >= 0.6 is 0 Å². The highest BCUT2D eigenvalue weighted by molar-refractivity contribution is 5.61. The topological polar surface area (TPSA) is 41.9 Å². The molecule has 1 aromatic heterocycles. The van der Waals surface area contributed by atoms with Crippen LogP contribution in [0.25, 0.3) is 0 Å². The molecule has 3 rings (SSSR count). The Morgan fingerprint density at radius 3 is 3.18 bits per heavy atom. The highest BCUT2D eigenvalue weighted by Crippen LogP contribution is 2.26. The minimum absolute atomic E-state index is 0.813. The van der Waals surface area contributed by atoms with Gasteiger partial charge in [-0.25, -0.2) is 0 Å². The molecule has 1 aromatic carbocycles. The third-order valence-electron chi connectivity index (χ3n) is 3.11. The molecule has 0 fully saturated rings. The summed E-state index contributed by atoms with van der Waals surface area (Å²) in [6.45, 7) is 1.86. The molecule has 0 atom stereocenters. The molecule has 0 unspecified atom stereocenters. The number of benzene rings is 1. The Kier molecular flexibility index (Phi) is 2.48. The van der Waals surface area contributed by atoms with Gasteiger partial charge in [0.15, 0.2) is 0 Å². The maximum absolute atomic E-state index is 4.30. The molecular weight excluding hydrogens is 212 g/mol. The van der Waals surface area contributed by atoms with Gasteiger partial charge in [0.25, 0.3) is 0 Å².